The average molecular weight is 500 g/mol. The van der Waals surface area contributed by atoms with E-state index in [1.807, 2.05) is 0 Å². The number of aliphatic hydroxyl groups excluding tert-OH is 3. The van der Waals surface area contributed by atoms with Gasteiger partial charge in [0.25, 0.3) is 0 Å². The van der Waals surface area contributed by atoms with Crippen molar-refractivity contribution in [1.82, 2.24) is 0 Å². The highest BCUT2D eigenvalue weighted by Gasteiger charge is 2.74. The topological polar surface area (TPSA) is 183 Å². The van der Waals surface area contributed by atoms with E-state index >= 15 is 0 Å². The van der Waals surface area contributed by atoms with E-state index in [-0.39, 0.29) is 25.0 Å². The lowest BCUT2D eigenvalue weighted by molar-refractivity contribution is -0.339. The minimum absolute atomic E-state index is 0.00328. The summed E-state index contributed by atoms with van der Waals surface area (Å²) in [6, 6.07) is -0.770. The molecular formula is C25H41NO9. The summed E-state index contributed by atoms with van der Waals surface area (Å²) >= 11 is 0. The van der Waals surface area contributed by atoms with Crippen molar-refractivity contribution in [3.05, 3.63) is 11.1 Å². The van der Waals surface area contributed by atoms with Crippen molar-refractivity contribution in [3.63, 3.8) is 0 Å². The molecule has 0 amide bonds. The fourth-order valence-electron chi connectivity index (χ4n) is 8.10. The van der Waals surface area contributed by atoms with E-state index in [2.05, 4.69) is 0 Å². The molecule has 0 aromatic rings. The van der Waals surface area contributed by atoms with Gasteiger partial charge in [0.05, 0.1) is 35.9 Å². The van der Waals surface area contributed by atoms with Crippen LogP contribution in [0.15, 0.2) is 11.1 Å². The van der Waals surface area contributed by atoms with Crippen molar-refractivity contribution in [2.24, 2.45) is 34.3 Å². The number of Topliss-reactive ketones (excluding diaryl/α,β-unsaturated/α-hetero) is 1. The number of carbonyl (C=O) groups excluding carboxylic acids is 1. The maximum absolute atomic E-state index is 14.0. The third-order valence-corrected chi connectivity index (χ3v) is 10.4. The van der Waals surface area contributed by atoms with E-state index in [1.165, 1.54) is 0 Å². The van der Waals surface area contributed by atoms with Gasteiger partial charge < -0.3 is 36.0 Å². The van der Waals surface area contributed by atoms with Crippen LogP contribution in [0, 0.1) is 28.6 Å². The van der Waals surface area contributed by atoms with Crippen LogP contribution in [0.25, 0.3) is 0 Å². The predicted octanol–water partition coefficient (Wildman–Crippen LogP) is -0.257. The molecule has 0 spiro atoms. The molecule has 0 radical (unpaired) electrons. The second-order valence-electron chi connectivity index (χ2n) is 12.2. The average Bonchev–Trinajstić information content (AvgIpc) is 2.77. The first-order valence-corrected chi connectivity index (χ1v) is 12.4. The second-order valence-corrected chi connectivity index (χ2v) is 12.2. The number of hydrogen-bond acceptors (Lipinski definition) is 10. The van der Waals surface area contributed by atoms with Gasteiger partial charge in [0.1, 0.15) is 17.8 Å². The maximum Gasteiger partial charge on any atom is 0.174 e. The Balaban J connectivity index is 1.97. The van der Waals surface area contributed by atoms with Crippen molar-refractivity contribution in [1.29, 1.82) is 0 Å². The summed E-state index contributed by atoms with van der Waals surface area (Å²) < 4.78 is 5.55. The highest BCUT2D eigenvalue weighted by molar-refractivity contribution is 5.93. The molecule has 4 rings (SSSR count). The molecule has 2 saturated carbocycles. The lowest BCUT2D eigenvalue weighted by atomic mass is 9.42. The standard InChI is InChI=1S/C25H41NO9/c1-10-13(19(35-33)17(28)12(3)26)8-25(32)11(2)20-23(6,14(27)7-15-24(20,31)9-34-15)21(30)18(29)16(10)22(25,4)5/h11-15,17-20,27-29,31-33H,7-9,26H2,1-6H3/t11?,12?,13?,14?,15?,17?,18?,19-,20?,23-,24?,25?/m1/s1. The fraction of sp³-hybridized carbons (Fsp3) is 0.880. The summed E-state index contributed by atoms with van der Waals surface area (Å²) in [7, 11) is 0. The van der Waals surface area contributed by atoms with E-state index in [4.69, 9.17) is 15.4 Å². The fourth-order valence-corrected chi connectivity index (χ4v) is 8.10. The third-order valence-electron chi connectivity index (χ3n) is 10.4. The molecule has 1 saturated heterocycles. The summed E-state index contributed by atoms with van der Waals surface area (Å²) in [4.78, 5) is 18.7. The molecule has 10 unspecified atom stereocenters. The van der Waals surface area contributed by atoms with E-state index in [0.29, 0.717) is 5.57 Å². The van der Waals surface area contributed by atoms with Crippen LogP contribution in [0.1, 0.15) is 54.4 Å². The third kappa shape index (κ3) is 3.25. The molecule has 10 heteroatoms. The van der Waals surface area contributed by atoms with Crippen molar-refractivity contribution < 1.29 is 45.2 Å². The first-order chi connectivity index (χ1) is 16.0. The molecular weight excluding hydrogens is 458 g/mol. The van der Waals surface area contributed by atoms with Gasteiger partial charge in [-0.3, -0.25) is 10.1 Å². The minimum atomic E-state index is -1.69. The highest BCUT2D eigenvalue weighted by atomic mass is 17.1. The summed E-state index contributed by atoms with van der Waals surface area (Å²) in [6.07, 6.45) is -6.07. The molecule has 200 valence electrons. The van der Waals surface area contributed by atoms with Gasteiger partial charge in [-0.2, -0.15) is 0 Å². The van der Waals surface area contributed by atoms with Crippen LogP contribution < -0.4 is 5.73 Å². The molecule has 2 bridgehead atoms. The minimum Gasteiger partial charge on any atom is -0.392 e. The summed E-state index contributed by atoms with van der Waals surface area (Å²) in [6.45, 7) is 9.98. The summed E-state index contributed by atoms with van der Waals surface area (Å²) in [5.74, 6) is -3.13. The number of rotatable bonds is 4. The number of ether oxygens (including phenoxy) is 1. The quantitative estimate of drug-likeness (QED) is 0.155. The lowest BCUT2D eigenvalue weighted by Crippen LogP contribution is -2.78. The number of ketones is 1. The number of fused-ring (bicyclic) bond motifs is 5. The van der Waals surface area contributed by atoms with Crippen LogP contribution in [0.2, 0.25) is 0 Å². The Kier molecular flexibility index (Phi) is 6.41. The molecule has 3 fully saturated rings. The SMILES string of the molecule is CC1=C2C(O)C(=O)[C@]3(C)C(O)CC4OCC4(O)C3C(C)C(O)(CC1[C@@H](OO)C(O)C(C)N)C2(C)C. The lowest BCUT2D eigenvalue weighted by Gasteiger charge is -2.67. The van der Waals surface area contributed by atoms with Crippen molar-refractivity contribution in [2.45, 2.75) is 102 Å². The van der Waals surface area contributed by atoms with Gasteiger partial charge in [0, 0.05) is 29.7 Å². The van der Waals surface area contributed by atoms with Crippen molar-refractivity contribution in [2.75, 3.05) is 6.61 Å². The van der Waals surface area contributed by atoms with Gasteiger partial charge in [-0.25, -0.2) is 4.89 Å². The molecule has 1 aliphatic heterocycles. The van der Waals surface area contributed by atoms with Crippen molar-refractivity contribution >= 4 is 5.78 Å². The normalized spacial score (nSPS) is 49.7. The van der Waals surface area contributed by atoms with Crippen LogP contribution in [0.5, 0.6) is 0 Å². The molecule has 3 aliphatic carbocycles. The second kappa shape index (κ2) is 8.28. The number of nitrogens with two attached hydrogens (primary N) is 1. The van der Waals surface area contributed by atoms with Gasteiger partial charge in [-0.1, -0.05) is 26.3 Å². The van der Waals surface area contributed by atoms with E-state index < -0.39 is 82.1 Å². The molecule has 10 nitrogen and oxygen atoms in total. The highest BCUT2D eigenvalue weighted by Crippen LogP contribution is 2.65. The number of hydrogen-bond donors (Lipinski definition) is 7. The summed E-state index contributed by atoms with van der Waals surface area (Å²) in [5.41, 5.74) is 0.846. The first kappa shape index (κ1) is 27.1. The predicted molar refractivity (Wildman–Crippen MR) is 124 cm³/mol. The maximum atomic E-state index is 14.0. The molecule has 35 heavy (non-hydrogen) atoms. The number of aliphatic hydroxyl groups is 5. The Morgan fingerprint density at radius 3 is 2.29 bits per heavy atom. The van der Waals surface area contributed by atoms with Gasteiger partial charge in [0.15, 0.2) is 5.78 Å². The largest absolute Gasteiger partial charge is 0.392 e. The Bertz CT molecular complexity index is 921. The molecule has 0 aromatic carbocycles. The summed E-state index contributed by atoms with van der Waals surface area (Å²) in [5, 5.41) is 67.4. The molecule has 1 heterocycles. The smallest absolute Gasteiger partial charge is 0.174 e. The van der Waals surface area contributed by atoms with E-state index in [1.54, 1.807) is 41.5 Å². The monoisotopic (exact) mass is 499 g/mol. The molecule has 4 aliphatic rings. The van der Waals surface area contributed by atoms with E-state index in [9.17, 15) is 35.6 Å². The zero-order chi connectivity index (χ0) is 26.5. The van der Waals surface area contributed by atoms with Gasteiger partial charge in [-0.15, -0.1) is 0 Å². The number of carbonyl (C=O) groups is 1. The Morgan fingerprint density at radius 2 is 1.80 bits per heavy atom. The van der Waals surface area contributed by atoms with Crippen LogP contribution >= 0.6 is 0 Å². The molecule has 12 atom stereocenters. The van der Waals surface area contributed by atoms with Gasteiger partial charge in [0.2, 0.25) is 0 Å². The van der Waals surface area contributed by atoms with Crippen LogP contribution in [0.3, 0.4) is 0 Å². The van der Waals surface area contributed by atoms with Crippen molar-refractivity contribution in [3.8, 4) is 0 Å². The Morgan fingerprint density at radius 1 is 1.20 bits per heavy atom. The van der Waals surface area contributed by atoms with E-state index in [0.717, 1.165) is 0 Å². The Hall–Kier alpha value is -0.950. The zero-order valence-electron chi connectivity index (χ0n) is 21.3. The van der Waals surface area contributed by atoms with Crippen LogP contribution in [0.4, 0.5) is 0 Å². The van der Waals surface area contributed by atoms with Crippen LogP contribution in [-0.4, -0.2) is 90.9 Å². The molecule has 8 N–H and O–H groups in total. The zero-order valence-corrected chi connectivity index (χ0v) is 21.3. The first-order valence-electron chi connectivity index (χ1n) is 12.4. The van der Waals surface area contributed by atoms with Crippen LogP contribution in [-0.2, 0) is 14.4 Å². The molecule has 0 aromatic heterocycles. The Labute approximate surface area is 205 Å². The van der Waals surface area contributed by atoms with Gasteiger partial charge in [-0.05, 0) is 38.7 Å². The van der Waals surface area contributed by atoms with Gasteiger partial charge >= 0.3 is 0 Å².